The monoisotopic (exact) mass is 360 g/mol. The summed E-state index contributed by atoms with van der Waals surface area (Å²) in [6, 6.07) is 3.87. The molecular formula is C22H32O4. The van der Waals surface area contributed by atoms with E-state index >= 15 is 0 Å². The van der Waals surface area contributed by atoms with E-state index < -0.39 is 0 Å². The molecule has 0 bridgehead atoms. The second kappa shape index (κ2) is 6.56. The predicted molar refractivity (Wildman–Crippen MR) is 102 cm³/mol. The first-order valence-electron chi connectivity index (χ1n) is 9.77. The number of rotatable bonds is 4. The second-order valence-electron chi connectivity index (χ2n) is 9.38. The summed E-state index contributed by atoms with van der Waals surface area (Å²) in [5.74, 6) is 1.50. The third kappa shape index (κ3) is 3.48. The van der Waals surface area contributed by atoms with Gasteiger partial charge < -0.3 is 14.9 Å². The summed E-state index contributed by atoms with van der Waals surface area (Å²) in [6.07, 6.45) is 3.09. The Hall–Kier alpha value is -1.55. The van der Waals surface area contributed by atoms with Gasteiger partial charge in [-0.05, 0) is 63.1 Å². The Labute approximate surface area is 156 Å². The number of carbonyl (C=O) groups is 1. The first-order chi connectivity index (χ1) is 12.0. The zero-order valence-electron chi connectivity index (χ0n) is 16.6. The molecule has 1 heterocycles. The van der Waals surface area contributed by atoms with E-state index in [1.54, 1.807) is 6.92 Å². The van der Waals surface area contributed by atoms with E-state index in [1.807, 2.05) is 12.1 Å². The fraction of sp³-hybridized carbons (Fsp3) is 0.682. The summed E-state index contributed by atoms with van der Waals surface area (Å²) in [5.41, 5.74) is 1.27. The van der Waals surface area contributed by atoms with E-state index in [0.29, 0.717) is 25.0 Å². The Kier molecular flexibility index (Phi) is 4.85. The predicted octanol–water partition coefficient (Wildman–Crippen LogP) is 4.45. The number of fused-ring (bicyclic) bond motifs is 3. The van der Waals surface area contributed by atoms with Crippen LogP contribution in [-0.4, -0.2) is 27.7 Å². The van der Waals surface area contributed by atoms with Crippen molar-refractivity contribution in [1.82, 2.24) is 0 Å². The van der Waals surface area contributed by atoms with Crippen LogP contribution in [0.25, 0.3) is 0 Å². The molecule has 1 aromatic rings. The van der Waals surface area contributed by atoms with Crippen molar-refractivity contribution in [2.75, 3.05) is 0 Å². The molecule has 0 saturated heterocycles. The van der Waals surface area contributed by atoms with Crippen molar-refractivity contribution in [3.63, 3.8) is 0 Å². The van der Waals surface area contributed by atoms with Crippen LogP contribution in [0.5, 0.6) is 11.5 Å². The van der Waals surface area contributed by atoms with Crippen LogP contribution in [0.2, 0.25) is 0 Å². The lowest BCUT2D eigenvalue weighted by Gasteiger charge is -2.47. The number of phenols is 1. The number of hydrogen-bond donors (Lipinski definition) is 2. The minimum Gasteiger partial charge on any atom is -0.508 e. The number of aliphatic hydroxyl groups is 1. The summed E-state index contributed by atoms with van der Waals surface area (Å²) < 4.78 is 6.35. The van der Waals surface area contributed by atoms with Gasteiger partial charge in [0, 0.05) is 30.2 Å². The van der Waals surface area contributed by atoms with E-state index in [1.165, 1.54) is 0 Å². The third-order valence-electron chi connectivity index (χ3n) is 6.39. The Morgan fingerprint density at radius 2 is 2.04 bits per heavy atom. The third-order valence-corrected chi connectivity index (χ3v) is 6.39. The van der Waals surface area contributed by atoms with E-state index in [0.717, 1.165) is 24.0 Å². The van der Waals surface area contributed by atoms with Crippen LogP contribution in [0.3, 0.4) is 0 Å². The summed E-state index contributed by atoms with van der Waals surface area (Å²) in [5, 5.41) is 20.5. The molecule has 1 saturated carbocycles. The average Bonchev–Trinajstić information content (AvgIpc) is 2.51. The second-order valence-corrected chi connectivity index (χ2v) is 9.38. The van der Waals surface area contributed by atoms with Crippen molar-refractivity contribution in [1.29, 1.82) is 0 Å². The summed E-state index contributed by atoms with van der Waals surface area (Å²) in [6.45, 7) is 10.2. The molecule has 1 unspecified atom stereocenters. The highest BCUT2D eigenvalue weighted by molar-refractivity contribution is 5.81. The molecule has 4 heteroatoms. The van der Waals surface area contributed by atoms with E-state index in [-0.39, 0.29) is 40.5 Å². The molecule has 1 aliphatic heterocycles. The van der Waals surface area contributed by atoms with Crippen molar-refractivity contribution in [3.8, 4) is 11.5 Å². The van der Waals surface area contributed by atoms with Crippen LogP contribution in [-0.2, 0) is 10.2 Å². The average molecular weight is 360 g/mol. The molecule has 3 rings (SSSR count). The van der Waals surface area contributed by atoms with Gasteiger partial charge in [0.1, 0.15) is 22.9 Å². The van der Waals surface area contributed by atoms with Gasteiger partial charge in [-0.1, -0.05) is 13.8 Å². The van der Waals surface area contributed by atoms with Crippen molar-refractivity contribution < 1.29 is 19.7 Å². The van der Waals surface area contributed by atoms with Crippen LogP contribution < -0.4 is 4.74 Å². The van der Waals surface area contributed by atoms with Gasteiger partial charge in [-0.15, -0.1) is 0 Å². The molecular weight excluding hydrogens is 328 g/mol. The van der Waals surface area contributed by atoms with Crippen molar-refractivity contribution in [3.05, 3.63) is 23.3 Å². The van der Waals surface area contributed by atoms with Gasteiger partial charge in [-0.2, -0.15) is 0 Å². The van der Waals surface area contributed by atoms with Crippen molar-refractivity contribution >= 4 is 5.78 Å². The van der Waals surface area contributed by atoms with E-state index in [9.17, 15) is 15.0 Å². The number of aromatic hydroxyl groups is 1. The fourth-order valence-electron chi connectivity index (χ4n) is 4.68. The topological polar surface area (TPSA) is 66.8 Å². The molecule has 0 amide bonds. The normalized spacial score (nSPS) is 25.8. The minimum absolute atomic E-state index is 0.0321. The quantitative estimate of drug-likeness (QED) is 0.832. The van der Waals surface area contributed by atoms with Crippen LogP contribution in [0.4, 0.5) is 0 Å². The van der Waals surface area contributed by atoms with Crippen LogP contribution in [0.1, 0.15) is 83.8 Å². The van der Waals surface area contributed by atoms with Gasteiger partial charge in [-0.25, -0.2) is 0 Å². The molecule has 3 atom stereocenters. The number of ether oxygens (including phenoxy) is 1. The van der Waals surface area contributed by atoms with Gasteiger partial charge in [0.2, 0.25) is 0 Å². The molecule has 1 aromatic carbocycles. The maximum absolute atomic E-state index is 12.1. The number of hydrogen-bond acceptors (Lipinski definition) is 4. The van der Waals surface area contributed by atoms with Gasteiger partial charge in [0.15, 0.2) is 0 Å². The molecule has 1 fully saturated rings. The molecule has 2 N–H and O–H groups in total. The van der Waals surface area contributed by atoms with E-state index in [4.69, 9.17) is 4.74 Å². The molecule has 144 valence electrons. The number of Topliss-reactive ketones (excluding diaryl/α,β-unsaturated/α-hetero) is 1. The highest BCUT2D eigenvalue weighted by Gasteiger charge is 2.47. The lowest BCUT2D eigenvalue weighted by atomic mass is 9.66. The van der Waals surface area contributed by atoms with Crippen LogP contribution >= 0.6 is 0 Å². The summed E-state index contributed by atoms with van der Waals surface area (Å²) >= 11 is 0. The standard InChI is InChI=1S/C22H32O4/c1-13(23)8-9-21(2,3)14-10-18(25)20-16-12-15(24)6-7-17(16)22(4,5)26-19(20)11-14/h10-11,13,16-17,23,25H,6-9,12H2,1-5H3/t13?,16-,17-/m1/s1. The maximum Gasteiger partial charge on any atom is 0.133 e. The highest BCUT2D eigenvalue weighted by atomic mass is 16.5. The molecule has 0 spiro atoms. The number of carbonyl (C=O) groups excluding carboxylic acids is 1. The number of aliphatic hydroxyl groups excluding tert-OH is 1. The Bertz CT molecular complexity index is 702. The maximum atomic E-state index is 12.1. The summed E-state index contributed by atoms with van der Waals surface area (Å²) in [7, 11) is 0. The number of benzene rings is 1. The lowest BCUT2D eigenvalue weighted by molar-refractivity contribution is -0.124. The molecule has 0 aromatic heterocycles. The zero-order chi connectivity index (χ0) is 19.3. The lowest BCUT2D eigenvalue weighted by Crippen LogP contribution is -2.47. The fourth-order valence-corrected chi connectivity index (χ4v) is 4.68. The minimum atomic E-state index is -0.354. The zero-order valence-corrected chi connectivity index (χ0v) is 16.6. The highest BCUT2D eigenvalue weighted by Crippen LogP contribution is 2.54. The summed E-state index contributed by atoms with van der Waals surface area (Å²) in [4.78, 5) is 12.1. The molecule has 26 heavy (non-hydrogen) atoms. The molecule has 0 radical (unpaired) electrons. The molecule has 1 aliphatic carbocycles. The SMILES string of the molecule is CC(O)CCC(C)(C)c1cc(O)c2c(c1)OC(C)(C)[C@@H]1CCC(=O)C[C@@H]21. The molecule has 4 nitrogen and oxygen atoms in total. The van der Waals surface area contributed by atoms with Gasteiger partial charge >= 0.3 is 0 Å². The van der Waals surface area contributed by atoms with E-state index in [2.05, 4.69) is 27.7 Å². The van der Waals surface area contributed by atoms with Crippen LogP contribution in [0, 0.1) is 5.92 Å². The van der Waals surface area contributed by atoms with Gasteiger partial charge in [0.05, 0.1) is 6.10 Å². The van der Waals surface area contributed by atoms with Crippen molar-refractivity contribution in [2.24, 2.45) is 5.92 Å². The Morgan fingerprint density at radius 1 is 1.35 bits per heavy atom. The molecule has 2 aliphatic rings. The largest absolute Gasteiger partial charge is 0.508 e. The van der Waals surface area contributed by atoms with Crippen molar-refractivity contribution in [2.45, 2.75) is 89.8 Å². The number of phenolic OH excluding ortho intramolecular Hbond substituents is 1. The first-order valence-corrected chi connectivity index (χ1v) is 9.77. The first kappa shape index (κ1) is 19.2. The number of ketones is 1. The van der Waals surface area contributed by atoms with Gasteiger partial charge in [-0.3, -0.25) is 4.79 Å². The Balaban J connectivity index is 2.01. The van der Waals surface area contributed by atoms with Crippen LogP contribution in [0.15, 0.2) is 12.1 Å². The van der Waals surface area contributed by atoms with Gasteiger partial charge in [0.25, 0.3) is 0 Å². The smallest absolute Gasteiger partial charge is 0.133 e. The Morgan fingerprint density at radius 3 is 2.69 bits per heavy atom.